The van der Waals surface area contributed by atoms with Crippen LogP contribution in [-0.2, 0) is 11.4 Å². The summed E-state index contributed by atoms with van der Waals surface area (Å²) in [6, 6.07) is 23.8. The highest BCUT2D eigenvalue weighted by Gasteiger charge is 2.35. The molecular formula is C25H21ClN6O2. The molecule has 1 aliphatic heterocycles. The molecule has 1 aliphatic rings. The Labute approximate surface area is 201 Å². The highest BCUT2D eigenvalue weighted by atomic mass is 35.5. The number of hydrogen-bond donors (Lipinski definition) is 2. The third-order valence-electron chi connectivity index (χ3n) is 5.51. The standard InChI is InChI=1S/C25H21ClN6O2/c1-16-22(24(33)28-19-7-3-2-4-8-19)23(32-25(27-16)29-30-31-32)20-9-5-6-10-21(20)34-15-17-11-13-18(26)14-12-17/h2-14,23H,15H2,1H3,(H,28,33)(H,27,29,31). The summed E-state index contributed by atoms with van der Waals surface area (Å²) in [5.74, 6) is 0.824. The van der Waals surface area contributed by atoms with Crippen LogP contribution in [0.1, 0.15) is 24.1 Å². The van der Waals surface area contributed by atoms with Crippen LogP contribution < -0.4 is 15.4 Å². The molecule has 34 heavy (non-hydrogen) atoms. The van der Waals surface area contributed by atoms with Crippen LogP contribution in [0.2, 0.25) is 5.02 Å². The van der Waals surface area contributed by atoms with Crippen molar-refractivity contribution in [3.05, 3.63) is 106 Å². The number of carbonyl (C=O) groups excluding carboxylic acids is 1. The van der Waals surface area contributed by atoms with E-state index in [0.717, 1.165) is 11.1 Å². The van der Waals surface area contributed by atoms with E-state index in [-0.39, 0.29) is 5.91 Å². The molecule has 4 aromatic rings. The van der Waals surface area contributed by atoms with Gasteiger partial charge < -0.3 is 15.4 Å². The summed E-state index contributed by atoms with van der Waals surface area (Å²) in [5.41, 5.74) is 3.59. The summed E-state index contributed by atoms with van der Waals surface area (Å²) in [6.07, 6.45) is 0. The Kier molecular flexibility index (Phi) is 5.97. The fraction of sp³-hybridized carbons (Fsp3) is 0.120. The van der Waals surface area contributed by atoms with Gasteiger partial charge in [0.15, 0.2) is 0 Å². The van der Waals surface area contributed by atoms with Gasteiger partial charge in [-0.05, 0) is 53.2 Å². The number of amides is 1. The number of nitrogens with zero attached hydrogens (tertiary/aromatic N) is 4. The molecule has 0 saturated heterocycles. The van der Waals surface area contributed by atoms with Crippen LogP contribution >= 0.6 is 11.6 Å². The molecule has 1 atom stereocenters. The van der Waals surface area contributed by atoms with Gasteiger partial charge >= 0.3 is 0 Å². The second-order valence-electron chi connectivity index (χ2n) is 7.79. The first-order chi connectivity index (χ1) is 16.6. The molecule has 2 N–H and O–H groups in total. The van der Waals surface area contributed by atoms with Crippen LogP contribution in [0, 0.1) is 0 Å². The molecule has 9 heteroatoms. The van der Waals surface area contributed by atoms with E-state index in [2.05, 4.69) is 26.2 Å². The number of nitrogens with one attached hydrogen (secondary N) is 2. The highest BCUT2D eigenvalue weighted by molar-refractivity contribution is 6.30. The Bertz CT molecular complexity index is 1350. The number of para-hydroxylation sites is 2. The van der Waals surface area contributed by atoms with Gasteiger partial charge in [0.1, 0.15) is 18.4 Å². The number of tetrazole rings is 1. The van der Waals surface area contributed by atoms with Gasteiger partial charge in [-0.2, -0.15) is 4.68 Å². The molecule has 0 spiro atoms. The van der Waals surface area contributed by atoms with Crippen LogP contribution in [0.15, 0.2) is 90.1 Å². The molecule has 1 unspecified atom stereocenters. The van der Waals surface area contributed by atoms with Crippen LogP contribution in [0.3, 0.4) is 0 Å². The second kappa shape index (κ2) is 9.36. The van der Waals surface area contributed by atoms with Crippen molar-refractivity contribution < 1.29 is 9.53 Å². The van der Waals surface area contributed by atoms with Crippen molar-refractivity contribution in [2.24, 2.45) is 0 Å². The first-order valence-electron chi connectivity index (χ1n) is 10.7. The highest BCUT2D eigenvalue weighted by Crippen LogP contribution is 2.39. The molecule has 1 aromatic heterocycles. The number of ether oxygens (including phenoxy) is 1. The van der Waals surface area contributed by atoms with Crippen LogP contribution in [0.4, 0.5) is 11.6 Å². The smallest absolute Gasteiger partial charge is 0.255 e. The maximum Gasteiger partial charge on any atom is 0.255 e. The minimum Gasteiger partial charge on any atom is -0.489 e. The van der Waals surface area contributed by atoms with Crippen LogP contribution in [-0.4, -0.2) is 26.1 Å². The third-order valence-corrected chi connectivity index (χ3v) is 5.76. The summed E-state index contributed by atoms with van der Waals surface area (Å²) >= 11 is 6.00. The summed E-state index contributed by atoms with van der Waals surface area (Å²) < 4.78 is 7.78. The normalized spacial score (nSPS) is 14.8. The van der Waals surface area contributed by atoms with Crippen molar-refractivity contribution in [2.45, 2.75) is 19.6 Å². The maximum atomic E-state index is 13.5. The Morgan fingerprint density at radius 2 is 1.79 bits per heavy atom. The number of anilines is 2. The van der Waals surface area contributed by atoms with E-state index < -0.39 is 6.04 Å². The topological polar surface area (TPSA) is 94.0 Å². The predicted octanol–water partition coefficient (Wildman–Crippen LogP) is 4.83. The molecule has 8 nitrogen and oxygen atoms in total. The molecule has 0 bridgehead atoms. The number of rotatable bonds is 6. The molecule has 0 aliphatic carbocycles. The van der Waals surface area contributed by atoms with Gasteiger partial charge in [0.2, 0.25) is 5.95 Å². The zero-order valence-electron chi connectivity index (χ0n) is 18.3. The van der Waals surface area contributed by atoms with Crippen LogP contribution in [0.25, 0.3) is 0 Å². The fourth-order valence-electron chi connectivity index (χ4n) is 3.89. The Balaban J connectivity index is 1.51. The SMILES string of the molecule is CC1=C(C(=O)Nc2ccccc2)C(c2ccccc2OCc2ccc(Cl)cc2)n2nnnc2N1. The van der Waals surface area contributed by atoms with Gasteiger partial charge in [-0.1, -0.05) is 65.2 Å². The van der Waals surface area contributed by atoms with Crippen LogP contribution in [0.5, 0.6) is 5.75 Å². The van der Waals surface area contributed by atoms with Crippen molar-refractivity contribution in [1.29, 1.82) is 0 Å². The molecule has 0 fully saturated rings. The molecular weight excluding hydrogens is 452 g/mol. The van der Waals surface area contributed by atoms with Gasteiger partial charge in [-0.15, -0.1) is 0 Å². The Morgan fingerprint density at radius 3 is 2.59 bits per heavy atom. The third kappa shape index (κ3) is 4.35. The number of hydrogen-bond acceptors (Lipinski definition) is 6. The molecule has 0 saturated carbocycles. The summed E-state index contributed by atoms with van der Waals surface area (Å²) in [4.78, 5) is 13.5. The zero-order chi connectivity index (χ0) is 23.5. The minimum atomic E-state index is -0.587. The van der Waals surface area contributed by atoms with Crippen molar-refractivity contribution in [3.63, 3.8) is 0 Å². The van der Waals surface area contributed by atoms with E-state index in [1.807, 2.05) is 85.8 Å². The molecule has 1 amide bonds. The van der Waals surface area contributed by atoms with Crippen molar-refractivity contribution in [3.8, 4) is 5.75 Å². The molecule has 3 aromatic carbocycles. The summed E-state index contributed by atoms with van der Waals surface area (Å²) in [5, 5.41) is 18.8. The lowest BCUT2D eigenvalue weighted by Crippen LogP contribution is -2.31. The lowest BCUT2D eigenvalue weighted by molar-refractivity contribution is -0.113. The van der Waals surface area contributed by atoms with Gasteiger partial charge in [0.25, 0.3) is 5.91 Å². The van der Waals surface area contributed by atoms with Crippen molar-refractivity contribution in [2.75, 3.05) is 10.6 Å². The van der Waals surface area contributed by atoms with Gasteiger partial charge in [0.05, 0.1) is 5.57 Å². The number of aromatic nitrogens is 4. The molecule has 170 valence electrons. The van der Waals surface area contributed by atoms with Gasteiger partial charge in [0, 0.05) is 22.0 Å². The van der Waals surface area contributed by atoms with E-state index in [0.29, 0.717) is 40.3 Å². The van der Waals surface area contributed by atoms with E-state index in [9.17, 15) is 4.79 Å². The zero-order valence-corrected chi connectivity index (χ0v) is 19.0. The number of fused-ring (bicyclic) bond motifs is 1. The fourth-order valence-corrected chi connectivity index (χ4v) is 4.02. The minimum absolute atomic E-state index is 0.255. The quantitative estimate of drug-likeness (QED) is 0.417. The average Bonchev–Trinajstić information content (AvgIpc) is 3.32. The Morgan fingerprint density at radius 1 is 1.06 bits per heavy atom. The average molecular weight is 473 g/mol. The second-order valence-corrected chi connectivity index (χ2v) is 8.22. The van der Waals surface area contributed by atoms with Crippen molar-refractivity contribution in [1.82, 2.24) is 20.2 Å². The number of allylic oxidation sites excluding steroid dienone is 1. The largest absolute Gasteiger partial charge is 0.489 e. The van der Waals surface area contributed by atoms with E-state index >= 15 is 0 Å². The van der Waals surface area contributed by atoms with Crippen molar-refractivity contribution >= 4 is 29.1 Å². The molecule has 2 heterocycles. The summed E-state index contributed by atoms with van der Waals surface area (Å²) in [7, 11) is 0. The Hall–Kier alpha value is -4.17. The maximum absolute atomic E-state index is 13.5. The van der Waals surface area contributed by atoms with E-state index in [4.69, 9.17) is 16.3 Å². The lowest BCUT2D eigenvalue weighted by Gasteiger charge is -2.29. The molecule has 5 rings (SSSR count). The summed E-state index contributed by atoms with van der Waals surface area (Å²) in [6.45, 7) is 2.18. The first kappa shape index (κ1) is 21.7. The monoisotopic (exact) mass is 472 g/mol. The van der Waals surface area contributed by atoms with E-state index in [1.54, 1.807) is 4.68 Å². The number of carbonyl (C=O) groups is 1. The molecule has 0 radical (unpaired) electrons. The first-order valence-corrected chi connectivity index (χ1v) is 11.1. The van der Waals surface area contributed by atoms with Gasteiger partial charge in [-0.25, -0.2) is 0 Å². The predicted molar refractivity (Wildman–Crippen MR) is 130 cm³/mol. The number of halogens is 1. The number of benzene rings is 3. The van der Waals surface area contributed by atoms with E-state index in [1.165, 1.54) is 0 Å². The van der Waals surface area contributed by atoms with Gasteiger partial charge in [-0.3, -0.25) is 4.79 Å². The lowest BCUT2D eigenvalue weighted by atomic mass is 9.94.